The minimum atomic E-state index is -0.330. The molecule has 2 aromatic carbocycles. The smallest absolute Gasteiger partial charge is 0.298 e. The summed E-state index contributed by atoms with van der Waals surface area (Å²) >= 11 is 6.00. The molecule has 0 atom stereocenters. The van der Waals surface area contributed by atoms with Crippen LogP contribution in [0.3, 0.4) is 0 Å². The second-order valence-electron chi connectivity index (χ2n) is 5.23. The van der Waals surface area contributed by atoms with Crippen LogP contribution in [0.5, 0.6) is 0 Å². The van der Waals surface area contributed by atoms with E-state index in [1.54, 1.807) is 30.3 Å². The SMILES string of the molecule is O=c1c2[nH]c3ccc(Cl)cc3c2ncn1N=Cc1ccc(F)cc1. The first-order valence-electron chi connectivity index (χ1n) is 7.10. The molecule has 2 heterocycles. The molecule has 2 aromatic heterocycles. The third-order valence-corrected chi connectivity index (χ3v) is 3.89. The highest BCUT2D eigenvalue weighted by Gasteiger charge is 2.10. The van der Waals surface area contributed by atoms with Crippen LogP contribution < -0.4 is 5.56 Å². The Kier molecular flexibility index (Phi) is 3.39. The first kappa shape index (κ1) is 14.6. The van der Waals surface area contributed by atoms with Gasteiger partial charge in [0.15, 0.2) is 0 Å². The Balaban J connectivity index is 1.82. The number of hydrogen-bond donors (Lipinski definition) is 1. The summed E-state index contributed by atoms with van der Waals surface area (Å²) in [5.74, 6) is -0.330. The standard InChI is InChI=1S/C17H10ClFN4O/c18-11-3-6-14-13(7-11)15-16(22-14)17(24)23(9-20-15)21-8-10-1-4-12(19)5-2-10/h1-9,22H. The van der Waals surface area contributed by atoms with Crippen LogP contribution in [0.4, 0.5) is 4.39 Å². The molecule has 1 N–H and O–H groups in total. The average Bonchev–Trinajstić information content (AvgIpc) is 2.95. The van der Waals surface area contributed by atoms with E-state index in [0.717, 1.165) is 15.6 Å². The van der Waals surface area contributed by atoms with Crippen LogP contribution in [0.1, 0.15) is 5.56 Å². The van der Waals surface area contributed by atoms with E-state index in [1.165, 1.54) is 24.7 Å². The molecule has 0 unspecified atom stereocenters. The third kappa shape index (κ3) is 2.47. The number of H-pyrrole nitrogens is 1. The summed E-state index contributed by atoms with van der Waals surface area (Å²) in [6.07, 6.45) is 2.81. The Morgan fingerprint density at radius 1 is 1.21 bits per heavy atom. The van der Waals surface area contributed by atoms with E-state index < -0.39 is 0 Å². The number of fused-ring (bicyclic) bond motifs is 3. The number of hydrogen-bond acceptors (Lipinski definition) is 3. The van der Waals surface area contributed by atoms with Gasteiger partial charge in [-0.1, -0.05) is 23.7 Å². The van der Waals surface area contributed by atoms with E-state index in [2.05, 4.69) is 15.1 Å². The maximum Gasteiger partial charge on any atom is 0.298 e. The number of benzene rings is 2. The monoisotopic (exact) mass is 340 g/mol. The van der Waals surface area contributed by atoms with Gasteiger partial charge in [0.1, 0.15) is 23.2 Å². The van der Waals surface area contributed by atoms with Crippen molar-refractivity contribution >= 4 is 39.8 Å². The number of rotatable bonds is 2. The van der Waals surface area contributed by atoms with E-state index in [0.29, 0.717) is 21.6 Å². The number of aromatic amines is 1. The second kappa shape index (κ2) is 5.58. The Bertz CT molecular complexity index is 1150. The second-order valence-corrected chi connectivity index (χ2v) is 5.67. The van der Waals surface area contributed by atoms with Crippen molar-refractivity contribution in [2.24, 2.45) is 5.10 Å². The Morgan fingerprint density at radius 3 is 2.79 bits per heavy atom. The minimum Gasteiger partial charge on any atom is -0.349 e. The van der Waals surface area contributed by atoms with Crippen LogP contribution in [0, 0.1) is 5.82 Å². The van der Waals surface area contributed by atoms with Gasteiger partial charge in [-0.2, -0.15) is 9.78 Å². The van der Waals surface area contributed by atoms with Crippen LogP contribution in [0.25, 0.3) is 21.9 Å². The van der Waals surface area contributed by atoms with Gasteiger partial charge in [0.2, 0.25) is 0 Å². The Hall–Kier alpha value is -2.99. The summed E-state index contributed by atoms with van der Waals surface area (Å²) < 4.78 is 14.0. The van der Waals surface area contributed by atoms with Crippen LogP contribution in [0.2, 0.25) is 5.02 Å². The quantitative estimate of drug-likeness (QED) is 0.567. The summed E-state index contributed by atoms with van der Waals surface area (Å²) in [5.41, 5.74) is 2.02. The van der Waals surface area contributed by atoms with Gasteiger partial charge >= 0.3 is 0 Å². The van der Waals surface area contributed by atoms with E-state index in [9.17, 15) is 9.18 Å². The van der Waals surface area contributed by atoms with Crippen molar-refractivity contribution < 1.29 is 4.39 Å². The zero-order valence-corrected chi connectivity index (χ0v) is 13.0. The highest BCUT2D eigenvalue weighted by atomic mass is 35.5. The molecule has 7 heteroatoms. The van der Waals surface area contributed by atoms with Crippen LogP contribution >= 0.6 is 11.6 Å². The van der Waals surface area contributed by atoms with Crippen LogP contribution in [-0.2, 0) is 0 Å². The number of nitrogens with one attached hydrogen (secondary N) is 1. The minimum absolute atomic E-state index is 0.328. The largest absolute Gasteiger partial charge is 0.349 e. The first-order valence-corrected chi connectivity index (χ1v) is 7.48. The van der Waals surface area contributed by atoms with Gasteiger partial charge in [-0.05, 0) is 35.9 Å². The predicted molar refractivity (Wildman–Crippen MR) is 92.3 cm³/mol. The fourth-order valence-electron chi connectivity index (χ4n) is 2.48. The number of nitrogens with zero attached hydrogens (tertiary/aromatic N) is 3. The highest BCUT2D eigenvalue weighted by molar-refractivity contribution is 6.31. The molecule has 4 rings (SSSR count). The fraction of sp³-hybridized carbons (Fsp3) is 0. The van der Waals surface area contributed by atoms with Crippen molar-refractivity contribution in [1.29, 1.82) is 0 Å². The van der Waals surface area contributed by atoms with Crippen molar-refractivity contribution in [2.75, 3.05) is 0 Å². The van der Waals surface area contributed by atoms with Crippen molar-refractivity contribution in [3.8, 4) is 0 Å². The van der Waals surface area contributed by atoms with Crippen molar-refractivity contribution in [3.63, 3.8) is 0 Å². The average molecular weight is 341 g/mol. The molecular formula is C17H10ClFN4O. The molecule has 0 aliphatic rings. The summed E-state index contributed by atoms with van der Waals surface area (Å²) in [7, 11) is 0. The molecule has 0 radical (unpaired) electrons. The lowest BCUT2D eigenvalue weighted by Crippen LogP contribution is -2.17. The molecule has 0 amide bonds. The zero-order valence-electron chi connectivity index (χ0n) is 12.2. The molecule has 0 saturated carbocycles. The molecule has 4 aromatic rings. The molecule has 5 nitrogen and oxygen atoms in total. The van der Waals surface area contributed by atoms with E-state index in [4.69, 9.17) is 11.6 Å². The van der Waals surface area contributed by atoms with Crippen LogP contribution in [0.15, 0.2) is 58.7 Å². The van der Waals surface area contributed by atoms with Crippen molar-refractivity contribution in [1.82, 2.24) is 14.6 Å². The molecule has 0 spiro atoms. The van der Waals surface area contributed by atoms with Crippen molar-refractivity contribution in [3.05, 3.63) is 75.5 Å². The molecular weight excluding hydrogens is 331 g/mol. The lowest BCUT2D eigenvalue weighted by molar-refractivity contribution is 0.628. The lowest BCUT2D eigenvalue weighted by Gasteiger charge is -1.98. The summed E-state index contributed by atoms with van der Waals surface area (Å²) in [4.78, 5) is 19.9. The van der Waals surface area contributed by atoms with E-state index in [-0.39, 0.29) is 11.4 Å². The van der Waals surface area contributed by atoms with Gasteiger partial charge in [0.25, 0.3) is 5.56 Å². The summed E-state index contributed by atoms with van der Waals surface area (Å²) in [6, 6.07) is 11.1. The normalized spacial score (nSPS) is 11.8. The maximum absolute atomic E-state index is 12.9. The van der Waals surface area contributed by atoms with Crippen molar-refractivity contribution in [2.45, 2.75) is 0 Å². The lowest BCUT2D eigenvalue weighted by atomic mass is 10.2. The van der Waals surface area contributed by atoms with Gasteiger partial charge < -0.3 is 4.98 Å². The molecule has 0 aliphatic heterocycles. The van der Waals surface area contributed by atoms with E-state index >= 15 is 0 Å². The molecule has 24 heavy (non-hydrogen) atoms. The van der Waals surface area contributed by atoms with Crippen LogP contribution in [-0.4, -0.2) is 20.9 Å². The molecule has 0 bridgehead atoms. The zero-order chi connectivity index (χ0) is 16.7. The molecule has 118 valence electrons. The first-order chi connectivity index (χ1) is 11.6. The van der Waals surface area contributed by atoms with Gasteiger partial charge in [-0.25, -0.2) is 9.37 Å². The molecule has 0 saturated heterocycles. The topological polar surface area (TPSA) is 63.0 Å². The summed E-state index contributed by atoms with van der Waals surface area (Å²) in [5, 5.41) is 5.45. The predicted octanol–water partition coefficient (Wildman–Crippen LogP) is 3.55. The number of aromatic nitrogens is 3. The number of halogens is 2. The molecule has 0 aliphatic carbocycles. The van der Waals surface area contributed by atoms with Gasteiger partial charge in [-0.3, -0.25) is 4.79 Å². The maximum atomic E-state index is 12.9. The van der Waals surface area contributed by atoms with E-state index in [1.807, 2.05) is 0 Å². The van der Waals surface area contributed by atoms with Gasteiger partial charge in [0.05, 0.1) is 6.21 Å². The van der Waals surface area contributed by atoms with Gasteiger partial charge in [-0.15, -0.1) is 0 Å². The highest BCUT2D eigenvalue weighted by Crippen LogP contribution is 2.24. The third-order valence-electron chi connectivity index (χ3n) is 3.65. The Morgan fingerprint density at radius 2 is 2.00 bits per heavy atom. The van der Waals surface area contributed by atoms with Gasteiger partial charge in [0, 0.05) is 15.9 Å². The Labute approximate surface area is 140 Å². The summed E-state index contributed by atoms with van der Waals surface area (Å²) in [6.45, 7) is 0. The molecule has 0 fully saturated rings. The fourth-order valence-corrected chi connectivity index (χ4v) is 2.65.